The fourth-order valence-corrected chi connectivity index (χ4v) is 2.03. The van der Waals surface area contributed by atoms with Gasteiger partial charge in [0.05, 0.1) is 25.6 Å². The van der Waals surface area contributed by atoms with E-state index in [0.29, 0.717) is 6.61 Å². The molecule has 2 rings (SSSR count). The number of hydrazone groups is 1. The molecule has 0 saturated carbocycles. The Morgan fingerprint density at radius 1 is 1.05 bits per heavy atom. The summed E-state index contributed by atoms with van der Waals surface area (Å²) in [6.07, 6.45) is 1.76. The van der Waals surface area contributed by atoms with Gasteiger partial charge in [-0.2, -0.15) is 5.10 Å². The fourth-order valence-electron chi connectivity index (χ4n) is 2.03. The normalized spacial score (nSPS) is 10.7. The summed E-state index contributed by atoms with van der Waals surface area (Å²) in [6, 6.07) is 11.9. The van der Waals surface area contributed by atoms with Crippen LogP contribution in [0.5, 0.6) is 11.5 Å². The number of hydrogen-bond donors (Lipinski definition) is 1. The summed E-state index contributed by atoms with van der Waals surface area (Å²) in [6.45, 7) is 6.72. The van der Waals surface area contributed by atoms with Crippen molar-refractivity contribution in [2.45, 2.75) is 20.8 Å². The van der Waals surface area contributed by atoms with Crippen molar-refractivity contribution in [1.82, 2.24) is 0 Å². The molecule has 0 saturated heterocycles. The zero-order valence-corrected chi connectivity index (χ0v) is 13.5. The first-order valence-corrected chi connectivity index (χ1v) is 7.31. The van der Waals surface area contributed by atoms with Gasteiger partial charge in [0.1, 0.15) is 0 Å². The minimum Gasteiger partial charge on any atom is -0.493 e. The molecule has 0 amide bonds. The lowest BCUT2D eigenvalue weighted by atomic mass is 10.1. The zero-order valence-electron chi connectivity index (χ0n) is 13.5. The van der Waals surface area contributed by atoms with Gasteiger partial charge in [-0.1, -0.05) is 6.07 Å². The van der Waals surface area contributed by atoms with Gasteiger partial charge in [0.15, 0.2) is 11.5 Å². The highest BCUT2D eigenvalue weighted by Gasteiger charge is 2.04. The van der Waals surface area contributed by atoms with Crippen molar-refractivity contribution in [3.8, 4) is 11.5 Å². The van der Waals surface area contributed by atoms with Crippen LogP contribution in [0, 0.1) is 13.8 Å². The maximum atomic E-state index is 5.55. The molecule has 0 spiro atoms. The number of methoxy groups -OCH3 is 1. The lowest BCUT2D eigenvalue weighted by molar-refractivity contribution is 0.311. The second-order valence-corrected chi connectivity index (χ2v) is 5.01. The highest BCUT2D eigenvalue weighted by atomic mass is 16.5. The third-order valence-electron chi connectivity index (χ3n) is 3.40. The summed E-state index contributed by atoms with van der Waals surface area (Å²) in [5.74, 6) is 1.45. The largest absolute Gasteiger partial charge is 0.493 e. The van der Waals surface area contributed by atoms with Crippen molar-refractivity contribution in [2.24, 2.45) is 5.10 Å². The highest BCUT2D eigenvalue weighted by molar-refractivity contribution is 5.81. The third kappa shape index (κ3) is 4.01. The number of ether oxygens (including phenoxy) is 2. The summed E-state index contributed by atoms with van der Waals surface area (Å²) in [4.78, 5) is 0. The number of benzene rings is 2. The van der Waals surface area contributed by atoms with Gasteiger partial charge in [-0.25, -0.2) is 0 Å². The van der Waals surface area contributed by atoms with E-state index in [9.17, 15) is 0 Å². The first-order chi connectivity index (χ1) is 10.6. The Kier molecular flexibility index (Phi) is 5.42. The van der Waals surface area contributed by atoms with Crippen LogP contribution in [0.15, 0.2) is 41.5 Å². The first kappa shape index (κ1) is 15.9. The smallest absolute Gasteiger partial charge is 0.161 e. The van der Waals surface area contributed by atoms with Crippen molar-refractivity contribution >= 4 is 11.9 Å². The van der Waals surface area contributed by atoms with Gasteiger partial charge in [0.2, 0.25) is 0 Å². The van der Waals surface area contributed by atoms with Crippen LogP contribution in [0.25, 0.3) is 0 Å². The molecule has 0 aliphatic rings. The predicted octanol–water partition coefficient (Wildman–Crippen LogP) is 4.16. The molecule has 0 aliphatic carbocycles. The summed E-state index contributed by atoms with van der Waals surface area (Å²) in [7, 11) is 1.63. The average Bonchev–Trinajstić information content (AvgIpc) is 2.51. The van der Waals surface area contributed by atoms with Crippen LogP contribution in [0.1, 0.15) is 23.6 Å². The van der Waals surface area contributed by atoms with E-state index in [0.717, 1.165) is 22.7 Å². The van der Waals surface area contributed by atoms with Gasteiger partial charge in [-0.3, -0.25) is 5.43 Å². The minimum absolute atomic E-state index is 0.595. The Bertz CT molecular complexity index is 666. The lowest BCUT2D eigenvalue weighted by Crippen LogP contribution is -1.97. The van der Waals surface area contributed by atoms with Gasteiger partial charge < -0.3 is 9.47 Å². The van der Waals surface area contributed by atoms with Crippen LogP contribution >= 0.6 is 0 Å². The number of rotatable bonds is 6. The quantitative estimate of drug-likeness (QED) is 0.643. The molecule has 2 aromatic rings. The lowest BCUT2D eigenvalue weighted by Gasteiger charge is -2.09. The third-order valence-corrected chi connectivity index (χ3v) is 3.40. The predicted molar refractivity (Wildman–Crippen MR) is 91.3 cm³/mol. The molecule has 0 fully saturated rings. The maximum Gasteiger partial charge on any atom is 0.161 e. The van der Waals surface area contributed by atoms with E-state index >= 15 is 0 Å². The Labute approximate surface area is 131 Å². The molecule has 4 heteroatoms. The standard InChI is InChI=1S/C18H22N2O2/c1-5-22-18-11-15(7-9-17(18)21-4)12-19-20-16-8-6-13(2)14(3)10-16/h6-12,20H,5H2,1-4H3/b19-12+. The van der Waals surface area contributed by atoms with Crippen molar-refractivity contribution in [3.05, 3.63) is 53.1 Å². The molecule has 4 nitrogen and oxygen atoms in total. The SMILES string of the molecule is CCOc1cc(/C=N/Nc2ccc(C)c(C)c2)ccc1OC. The molecule has 0 unspecified atom stereocenters. The number of hydrogen-bond acceptors (Lipinski definition) is 4. The van der Waals surface area contributed by atoms with Crippen LogP contribution in [-0.2, 0) is 0 Å². The van der Waals surface area contributed by atoms with E-state index in [1.54, 1.807) is 13.3 Å². The Balaban J connectivity index is 2.09. The molecule has 0 heterocycles. The molecule has 0 bridgehead atoms. The van der Waals surface area contributed by atoms with Crippen molar-refractivity contribution in [3.63, 3.8) is 0 Å². The summed E-state index contributed by atoms with van der Waals surface area (Å²) in [5.41, 5.74) is 7.46. The summed E-state index contributed by atoms with van der Waals surface area (Å²) < 4.78 is 10.8. The van der Waals surface area contributed by atoms with Crippen LogP contribution in [0.3, 0.4) is 0 Å². The molecule has 2 aromatic carbocycles. The number of nitrogens with zero attached hydrogens (tertiary/aromatic N) is 1. The topological polar surface area (TPSA) is 42.8 Å². The van der Waals surface area contributed by atoms with Crippen molar-refractivity contribution in [2.75, 3.05) is 19.1 Å². The van der Waals surface area contributed by atoms with E-state index < -0.39 is 0 Å². The zero-order chi connectivity index (χ0) is 15.9. The van der Waals surface area contributed by atoms with Gasteiger partial charge in [0.25, 0.3) is 0 Å². The number of aryl methyl sites for hydroxylation is 2. The molecular formula is C18H22N2O2. The average molecular weight is 298 g/mol. The van der Waals surface area contributed by atoms with Gasteiger partial charge in [-0.15, -0.1) is 0 Å². The maximum absolute atomic E-state index is 5.55. The van der Waals surface area contributed by atoms with Gasteiger partial charge in [-0.05, 0) is 67.8 Å². The fraction of sp³-hybridized carbons (Fsp3) is 0.278. The molecule has 0 aromatic heterocycles. The van der Waals surface area contributed by atoms with E-state index in [1.165, 1.54) is 11.1 Å². The minimum atomic E-state index is 0.595. The molecule has 0 atom stereocenters. The second-order valence-electron chi connectivity index (χ2n) is 5.01. The van der Waals surface area contributed by atoms with Gasteiger partial charge >= 0.3 is 0 Å². The van der Waals surface area contributed by atoms with E-state index in [1.807, 2.05) is 31.2 Å². The number of anilines is 1. The van der Waals surface area contributed by atoms with E-state index in [2.05, 4.69) is 36.5 Å². The molecule has 22 heavy (non-hydrogen) atoms. The Hall–Kier alpha value is -2.49. The van der Waals surface area contributed by atoms with Crippen LogP contribution in [0.2, 0.25) is 0 Å². The van der Waals surface area contributed by atoms with Gasteiger partial charge in [0, 0.05) is 0 Å². The van der Waals surface area contributed by atoms with E-state index in [4.69, 9.17) is 9.47 Å². The van der Waals surface area contributed by atoms with Crippen LogP contribution < -0.4 is 14.9 Å². The molecule has 1 N–H and O–H groups in total. The number of nitrogens with one attached hydrogen (secondary N) is 1. The van der Waals surface area contributed by atoms with E-state index in [-0.39, 0.29) is 0 Å². The second kappa shape index (κ2) is 7.50. The summed E-state index contributed by atoms with van der Waals surface area (Å²) in [5, 5.41) is 4.27. The van der Waals surface area contributed by atoms with Crippen LogP contribution in [-0.4, -0.2) is 19.9 Å². The summed E-state index contributed by atoms with van der Waals surface area (Å²) >= 11 is 0. The highest BCUT2D eigenvalue weighted by Crippen LogP contribution is 2.27. The van der Waals surface area contributed by atoms with Crippen molar-refractivity contribution < 1.29 is 9.47 Å². The molecule has 116 valence electrons. The van der Waals surface area contributed by atoms with Crippen LogP contribution in [0.4, 0.5) is 5.69 Å². The van der Waals surface area contributed by atoms with Crippen molar-refractivity contribution in [1.29, 1.82) is 0 Å². The Morgan fingerprint density at radius 3 is 2.55 bits per heavy atom. The first-order valence-electron chi connectivity index (χ1n) is 7.31. The molecule has 0 aliphatic heterocycles. The monoisotopic (exact) mass is 298 g/mol. The molecular weight excluding hydrogens is 276 g/mol. The molecule has 0 radical (unpaired) electrons. The Morgan fingerprint density at radius 2 is 1.86 bits per heavy atom.